The van der Waals surface area contributed by atoms with Gasteiger partial charge in [0.2, 0.25) is 5.91 Å². The van der Waals surface area contributed by atoms with Gasteiger partial charge in [-0.05, 0) is 29.7 Å². The molecule has 0 saturated heterocycles. The van der Waals surface area contributed by atoms with E-state index >= 15 is 0 Å². The Labute approximate surface area is 145 Å². The highest BCUT2D eigenvalue weighted by Crippen LogP contribution is 2.28. The van der Waals surface area contributed by atoms with Gasteiger partial charge in [0.15, 0.2) is 0 Å². The molecule has 1 heterocycles. The molecule has 1 amide bonds. The van der Waals surface area contributed by atoms with Gasteiger partial charge in [-0.1, -0.05) is 48.0 Å². The maximum Gasteiger partial charge on any atom is 0.237 e. The number of rotatable bonds is 5. The Bertz CT molecular complexity index is 896. The maximum atomic E-state index is 12.3. The van der Waals surface area contributed by atoms with Gasteiger partial charge in [0.1, 0.15) is 5.92 Å². The molecular weight excluding hydrogens is 322 g/mol. The monoisotopic (exact) mass is 337 g/mol. The lowest BCUT2D eigenvalue weighted by Crippen LogP contribution is -2.30. The molecule has 1 aromatic heterocycles. The minimum Gasteiger partial charge on any atom is -0.361 e. The Morgan fingerprint density at radius 3 is 2.75 bits per heavy atom. The SMILES string of the molecule is N#C[C@H](Cc1c[nH]c2cccc(Cl)c12)C(=O)NCc1ccccc1. The molecule has 5 heteroatoms. The van der Waals surface area contributed by atoms with Crippen LogP contribution in [0.3, 0.4) is 0 Å². The summed E-state index contributed by atoms with van der Waals surface area (Å²) in [6, 6.07) is 17.3. The van der Waals surface area contributed by atoms with Crippen molar-refractivity contribution in [2.75, 3.05) is 0 Å². The van der Waals surface area contributed by atoms with E-state index in [1.165, 1.54) is 0 Å². The van der Waals surface area contributed by atoms with Crippen LogP contribution < -0.4 is 5.32 Å². The van der Waals surface area contributed by atoms with E-state index in [-0.39, 0.29) is 5.91 Å². The van der Waals surface area contributed by atoms with Gasteiger partial charge in [-0.2, -0.15) is 5.26 Å². The molecule has 0 radical (unpaired) electrons. The Morgan fingerprint density at radius 2 is 2.00 bits per heavy atom. The van der Waals surface area contributed by atoms with Gasteiger partial charge in [-0.3, -0.25) is 4.79 Å². The van der Waals surface area contributed by atoms with E-state index in [1.807, 2.05) is 48.7 Å². The fourth-order valence-corrected chi connectivity index (χ4v) is 2.99. The first-order chi connectivity index (χ1) is 11.7. The highest BCUT2D eigenvalue weighted by atomic mass is 35.5. The summed E-state index contributed by atoms with van der Waals surface area (Å²) in [4.78, 5) is 15.4. The molecular formula is C19H16ClN3O. The van der Waals surface area contributed by atoms with Crippen LogP contribution in [0.15, 0.2) is 54.7 Å². The molecule has 3 rings (SSSR count). The number of nitrogens with zero attached hydrogens (tertiary/aromatic N) is 1. The second-order valence-electron chi connectivity index (χ2n) is 5.57. The number of amides is 1. The number of H-pyrrole nitrogens is 1. The number of carbonyl (C=O) groups excluding carboxylic acids is 1. The average Bonchev–Trinajstić information content (AvgIpc) is 3.03. The number of hydrogen-bond donors (Lipinski definition) is 2. The third-order valence-electron chi connectivity index (χ3n) is 3.94. The lowest BCUT2D eigenvalue weighted by Gasteiger charge is -2.10. The molecule has 0 aliphatic carbocycles. The lowest BCUT2D eigenvalue weighted by molar-refractivity contribution is -0.123. The summed E-state index contributed by atoms with van der Waals surface area (Å²) in [6.45, 7) is 0.409. The topological polar surface area (TPSA) is 68.7 Å². The molecule has 0 spiro atoms. The van der Waals surface area contributed by atoms with Crippen molar-refractivity contribution in [3.8, 4) is 6.07 Å². The van der Waals surface area contributed by atoms with Gasteiger partial charge in [-0.15, -0.1) is 0 Å². The normalized spacial score (nSPS) is 11.8. The van der Waals surface area contributed by atoms with E-state index in [1.54, 1.807) is 6.07 Å². The number of fused-ring (bicyclic) bond motifs is 1. The average molecular weight is 338 g/mol. The number of nitriles is 1. The molecule has 0 aliphatic heterocycles. The molecule has 2 aromatic carbocycles. The summed E-state index contributed by atoms with van der Waals surface area (Å²) >= 11 is 6.25. The molecule has 24 heavy (non-hydrogen) atoms. The minimum absolute atomic E-state index is 0.275. The van der Waals surface area contributed by atoms with E-state index in [0.29, 0.717) is 18.0 Å². The van der Waals surface area contributed by atoms with E-state index < -0.39 is 5.92 Å². The number of benzene rings is 2. The van der Waals surface area contributed by atoms with E-state index in [0.717, 1.165) is 22.0 Å². The highest BCUT2D eigenvalue weighted by molar-refractivity contribution is 6.35. The fraction of sp³-hybridized carbons (Fsp3) is 0.158. The maximum absolute atomic E-state index is 12.3. The molecule has 0 fully saturated rings. The smallest absolute Gasteiger partial charge is 0.237 e. The third kappa shape index (κ3) is 3.42. The van der Waals surface area contributed by atoms with Crippen molar-refractivity contribution in [3.63, 3.8) is 0 Å². The molecule has 0 unspecified atom stereocenters. The largest absolute Gasteiger partial charge is 0.361 e. The first kappa shape index (κ1) is 16.1. The van der Waals surface area contributed by atoms with Crippen molar-refractivity contribution in [1.29, 1.82) is 5.26 Å². The van der Waals surface area contributed by atoms with Gasteiger partial charge in [0.05, 0.1) is 11.1 Å². The van der Waals surface area contributed by atoms with Crippen molar-refractivity contribution in [1.82, 2.24) is 10.3 Å². The van der Waals surface area contributed by atoms with Gasteiger partial charge < -0.3 is 10.3 Å². The molecule has 0 aliphatic rings. The van der Waals surface area contributed by atoms with E-state index in [2.05, 4.69) is 16.4 Å². The van der Waals surface area contributed by atoms with Crippen LogP contribution in [-0.2, 0) is 17.8 Å². The van der Waals surface area contributed by atoms with Crippen LogP contribution in [0, 0.1) is 17.2 Å². The molecule has 4 nitrogen and oxygen atoms in total. The van der Waals surface area contributed by atoms with Crippen LogP contribution in [0.25, 0.3) is 10.9 Å². The molecule has 1 atom stereocenters. The van der Waals surface area contributed by atoms with Crippen molar-refractivity contribution in [2.24, 2.45) is 5.92 Å². The summed E-state index contributed by atoms with van der Waals surface area (Å²) < 4.78 is 0. The molecule has 0 bridgehead atoms. The number of hydrogen-bond acceptors (Lipinski definition) is 2. The van der Waals surface area contributed by atoms with Crippen LogP contribution in [-0.4, -0.2) is 10.9 Å². The quantitative estimate of drug-likeness (QED) is 0.743. The Balaban J connectivity index is 1.72. The third-order valence-corrected chi connectivity index (χ3v) is 4.26. The van der Waals surface area contributed by atoms with Crippen LogP contribution in [0.2, 0.25) is 5.02 Å². The summed E-state index contributed by atoms with van der Waals surface area (Å²) in [5, 5.41) is 13.7. The standard InChI is InChI=1S/C19H16ClN3O/c20-16-7-4-8-17-18(16)15(12-22-17)9-14(10-21)19(24)23-11-13-5-2-1-3-6-13/h1-8,12,14,22H,9,11H2,(H,23,24)/t14-/m0/s1. The second kappa shape index (κ2) is 7.20. The summed E-state index contributed by atoms with van der Waals surface area (Å²) in [6.07, 6.45) is 2.13. The highest BCUT2D eigenvalue weighted by Gasteiger charge is 2.20. The van der Waals surface area contributed by atoms with Crippen molar-refractivity contribution < 1.29 is 4.79 Å². The van der Waals surface area contributed by atoms with Crippen molar-refractivity contribution >= 4 is 28.4 Å². The first-order valence-corrected chi connectivity index (χ1v) is 8.02. The Morgan fingerprint density at radius 1 is 1.21 bits per heavy atom. The van der Waals surface area contributed by atoms with Crippen LogP contribution in [0.4, 0.5) is 0 Å². The number of carbonyl (C=O) groups is 1. The fourth-order valence-electron chi connectivity index (χ4n) is 2.69. The zero-order chi connectivity index (χ0) is 16.9. The predicted octanol–water partition coefficient (Wildman–Crippen LogP) is 3.82. The second-order valence-corrected chi connectivity index (χ2v) is 5.97. The van der Waals surface area contributed by atoms with Gasteiger partial charge >= 0.3 is 0 Å². The zero-order valence-corrected chi connectivity index (χ0v) is 13.7. The number of aromatic amines is 1. The minimum atomic E-state index is -0.760. The molecule has 0 saturated carbocycles. The number of aromatic nitrogens is 1. The lowest BCUT2D eigenvalue weighted by atomic mass is 9.99. The number of halogens is 1. The summed E-state index contributed by atoms with van der Waals surface area (Å²) in [5.74, 6) is -1.04. The first-order valence-electron chi connectivity index (χ1n) is 7.65. The van der Waals surface area contributed by atoms with Crippen LogP contribution >= 0.6 is 11.6 Å². The number of nitrogens with one attached hydrogen (secondary N) is 2. The zero-order valence-electron chi connectivity index (χ0n) is 12.9. The summed E-state index contributed by atoms with van der Waals surface area (Å²) in [7, 11) is 0. The van der Waals surface area contributed by atoms with Crippen LogP contribution in [0.5, 0.6) is 0 Å². The van der Waals surface area contributed by atoms with Crippen molar-refractivity contribution in [3.05, 3.63) is 70.9 Å². The van der Waals surface area contributed by atoms with Gasteiger partial charge in [0.25, 0.3) is 0 Å². The Hall–Kier alpha value is -2.77. The van der Waals surface area contributed by atoms with Gasteiger partial charge in [0, 0.05) is 23.6 Å². The van der Waals surface area contributed by atoms with Crippen molar-refractivity contribution in [2.45, 2.75) is 13.0 Å². The molecule has 2 N–H and O–H groups in total. The van der Waals surface area contributed by atoms with Gasteiger partial charge in [-0.25, -0.2) is 0 Å². The predicted molar refractivity (Wildman–Crippen MR) is 94.4 cm³/mol. The van der Waals surface area contributed by atoms with E-state index in [4.69, 9.17) is 11.6 Å². The molecule has 3 aromatic rings. The van der Waals surface area contributed by atoms with E-state index in [9.17, 15) is 10.1 Å². The van der Waals surface area contributed by atoms with Crippen LogP contribution in [0.1, 0.15) is 11.1 Å². The Kier molecular flexibility index (Phi) is 4.83. The summed E-state index contributed by atoms with van der Waals surface area (Å²) in [5.41, 5.74) is 2.77. The molecule has 120 valence electrons.